The predicted molar refractivity (Wildman–Crippen MR) is 110 cm³/mol. The average Bonchev–Trinajstić information content (AvgIpc) is 3.09. The molecule has 0 radical (unpaired) electrons. The molecule has 1 fully saturated rings. The number of fused-ring (bicyclic) bond motifs is 1. The number of Topliss-reactive ketones (excluding diaryl/α,β-unsaturated/α-hetero) is 1. The van der Waals surface area contributed by atoms with Crippen LogP contribution in [0.4, 0.5) is 0 Å². The number of hydrogen-bond donors (Lipinski definition) is 0. The average molecular weight is 401 g/mol. The fourth-order valence-corrected chi connectivity index (χ4v) is 2.72. The van der Waals surface area contributed by atoms with Gasteiger partial charge in [0.05, 0.1) is 22.3 Å². The lowest BCUT2D eigenvalue weighted by atomic mass is 9.85. The molecule has 148 valence electrons. The minimum Gasteiger partial charge on any atom is -0.493 e. The van der Waals surface area contributed by atoms with E-state index in [2.05, 4.69) is 0 Å². The summed E-state index contributed by atoms with van der Waals surface area (Å²) >= 11 is 0. The molecule has 0 N–H and O–H groups in total. The lowest BCUT2D eigenvalue weighted by Crippen LogP contribution is -2.34. The Labute approximate surface area is 197 Å². The first kappa shape index (κ1) is 6.33. The maximum absolute atomic E-state index is 13.9. The summed E-state index contributed by atoms with van der Waals surface area (Å²) in [5, 5.41) is 0. The van der Waals surface area contributed by atoms with E-state index in [1.54, 1.807) is 0 Å². The second-order valence-corrected chi connectivity index (χ2v) is 5.80. The highest BCUT2D eigenvalue weighted by atomic mass is 16.5. The third kappa shape index (κ3) is 3.93. The standard InChI is InChI=1S/C24H29NO3/c1-27-22-14-19-13-20(24(26)21(19)15-23(22)28-2)12-17-8-10-25(11-9-17)16-18-6-4-3-5-7-18/h3-7,14-15,17,20H,8-13,16H2,1-2H3/i1D3,2D3,8D2,9D2,10D2,11D2,12D2,13D2,16D2,17D. The van der Waals surface area contributed by atoms with E-state index in [0.717, 1.165) is 12.1 Å². The van der Waals surface area contributed by atoms with Gasteiger partial charge in [0.1, 0.15) is 0 Å². The number of ether oxygens (including phenoxy) is 2. The van der Waals surface area contributed by atoms with E-state index in [-0.39, 0.29) is 0 Å². The first-order chi connectivity index (χ1) is 21.7. The molecule has 1 aliphatic heterocycles. The predicted octanol–water partition coefficient (Wildman–Crippen LogP) is 4.36. The second-order valence-electron chi connectivity index (χ2n) is 5.80. The summed E-state index contributed by atoms with van der Waals surface area (Å²) < 4.78 is 186. The van der Waals surface area contributed by atoms with Crippen molar-refractivity contribution in [2.45, 2.75) is 32.0 Å². The van der Waals surface area contributed by atoms with Gasteiger partial charge in [0.2, 0.25) is 0 Å². The van der Waals surface area contributed by atoms with E-state index in [1.807, 2.05) is 0 Å². The van der Waals surface area contributed by atoms with Crippen LogP contribution in [0.5, 0.6) is 11.5 Å². The molecule has 0 amide bonds. The molecule has 2 aliphatic rings. The lowest BCUT2D eigenvalue weighted by molar-refractivity contribution is 0.0895. The highest BCUT2D eigenvalue weighted by Crippen LogP contribution is 2.39. The van der Waals surface area contributed by atoms with Gasteiger partial charge in [-0.3, -0.25) is 9.69 Å². The topological polar surface area (TPSA) is 38.8 Å². The number of methoxy groups -OCH3 is 2. The molecule has 0 bridgehead atoms. The number of carbonyl (C=O) groups excluding carboxylic acids is 1. The monoisotopic (exact) mass is 400 g/mol. The van der Waals surface area contributed by atoms with Gasteiger partial charge in [-0.05, 0) is 67.6 Å². The number of benzene rings is 2. The lowest BCUT2D eigenvalue weighted by Gasteiger charge is -2.32. The fraction of sp³-hybridized carbons (Fsp3) is 0.458. The molecule has 1 heterocycles. The molecule has 1 atom stereocenters. The van der Waals surface area contributed by atoms with Crippen LogP contribution >= 0.6 is 0 Å². The molecule has 2 aromatic rings. The van der Waals surface area contributed by atoms with Crippen LogP contribution in [0.15, 0.2) is 42.5 Å². The zero-order chi connectivity index (χ0) is 38.0. The highest BCUT2D eigenvalue weighted by molar-refractivity contribution is 6.02. The molecule has 1 aliphatic carbocycles. The van der Waals surface area contributed by atoms with Crippen LogP contribution in [0.1, 0.15) is 69.4 Å². The first-order valence-electron chi connectivity index (χ1n) is 18.6. The van der Waals surface area contributed by atoms with Gasteiger partial charge in [-0.15, -0.1) is 0 Å². The Balaban J connectivity index is 1.97. The molecule has 4 nitrogen and oxygen atoms in total. The summed E-state index contributed by atoms with van der Waals surface area (Å²) in [7, 11) is -6.58. The SMILES string of the molecule is [2H]C([2H])([2H])Oc1cc2c(cc1OC([2H])([2H])[2H])C([2H])([2H])C(C([2H])([2H])C1([2H])C([2H])([2H])C([2H])([2H])N(C([2H])([2H])c3ccccc3)C([2H])([2H])C1([2H])[2H])C2=O. The van der Waals surface area contributed by atoms with Gasteiger partial charge >= 0.3 is 0 Å². The van der Waals surface area contributed by atoms with Gasteiger partial charge in [0.15, 0.2) is 17.3 Å². The Bertz CT molecular complexity index is 1600. The largest absolute Gasteiger partial charge is 0.493 e. The van der Waals surface area contributed by atoms with Gasteiger partial charge < -0.3 is 9.47 Å². The minimum absolute atomic E-state index is 0.429. The summed E-state index contributed by atoms with van der Waals surface area (Å²) in [4.78, 5) is 13.5. The van der Waals surface area contributed by atoms with Crippen molar-refractivity contribution in [3.8, 4) is 11.5 Å². The number of nitrogens with zero attached hydrogens (tertiary/aromatic N) is 1. The summed E-state index contributed by atoms with van der Waals surface area (Å²) in [6, 6.07) is 7.20. The van der Waals surface area contributed by atoms with Crippen molar-refractivity contribution in [3.05, 3.63) is 59.2 Å². The van der Waals surface area contributed by atoms with Gasteiger partial charge in [-0.25, -0.2) is 0 Å². The van der Waals surface area contributed by atoms with Crippen LogP contribution in [0.25, 0.3) is 0 Å². The molecule has 0 saturated carbocycles. The third-order valence-electron chi connectivity index (χ3n) is 4.02. The molecule has 1 saturated heterocycles. The van der Waals surface area contributed by atoms with E-state index in [1.165, 1.54) is 18.2 Å². The Morgan fingerprint density at radius 2 is 1.89 bits per heavy atom. The normalized spacial score (nSPS) is 43.4. The maximum Gasteiger partial charge on any atom is 0.166 e. The molecule has 28 heavy (non-hydrogen) atoms. The van der Waals surface area contributed by atoms with E-state index < -0.39 is 110 Å². The quantitative estimate of drug-likeness (QED) is 0.722. The van der Waals surface area contributed by atoms with Gasteiger partial charge in [0.25, 0.3) is 0 Å². The van der Waals surface area contributed by atoms with E-state index in [4.69, 9.17) is 38.3 Å². The number of carbonyl (C=O) groups is 1. The summed E-state index contributed by atoms with van der Waals surface area (Å²) in [5.74, 6) is -10.9. The Hall–Kier alpha value is -2.33. The van der Waals surface area contributed by atoms with Gasteiger partial charge in [-0.2, -0.15) is 0 Å². The van der Waals surface area contributed by atoms with Gasteiger partial charge in [-0.1, -0.05) is 30.3 Å². The van der Waals surface area contributed by atoms with E-state index in [0.29, 0.717) is 12.1 Å². The van der Waals surface area contributed by atoms with Crippen molar-refractivity contribution in [1.29, 1.82) is 0 Å². The third-order valence-corrected chi connectivity index (χ3v) is 4.02. The van der Waals surface area contributed by atoms with Crippen molar-refractivity contribution in [2.24, 2.45) is 11.8 Å². The number of hydrogen-bond acceptors (Lipinski definition) is 4. The van der Waals surface area contributed by atoms with E-state index >= 15 is 0 Å². The van der Waals surface area contributed by atoms with Gasteiger partial charge in [0, 0.05) is 38.5 Å². The Morgan fingerprint density at radius 3 is 2.61 bits per heavy atom. The van der Waals surface area contributed by atoms with Crippen molar-refractivity contribution in [2.75, 3.05) is 27.1 Å². The van der Waals surface area contributed by atoms with Crippen LogP contribution in [0, 0.1) is 11.8 Å². The Kier molecular flexibility index (Phi) is 1.89. The number of ketones is 1. The molecular formula is C24H29NO3. The molecule has 0 aromatic heterocycles. The van der Waals surface area contributed by atoms with Crippen LogP contribution < -0.4 is 9.47 Å². The summed E-state index contributed by atoms with van der Waals surface area (Å²) in [6.07, 6.45) is -16.2. The van der Waals surface area contributed by atoms with Crippen molar-refractivity contribution in [1.82, 2.24) is 4.90 Å². The highest BCUT2D eigenvalue weighted by Gasteiger charge is 2.34. The summed E-state index contributed by atoms with van der Waals surface area (Å²) in [5.41, 5.74) is -2.18. The number of rotatable bonds is 6. The molecule has 0 spiro atoms. The van der Waals surface area contributed by atoms with Crippen molar-refractivity contribution in [3.63, 3.8) is 0 Å². The molecule has 4 heteroatoms. The second kappa shape index (κ2) is 8.36. The van der Waals surface area contributed by atoms with Crippen LogP contribution in [0.3, 0.4) is 0 Å². The number of piperidine rings is 1. The zero-order valence-corrected chi connectivity index (χ0v) is 14.3. The van der Waals surface area contributed by atoms with Crippen molar-refractivity contribution >= 4 is 5.78 Å². The molecule has 4 rings (SSSR count). The smallest absolute Gasteiger partial charge is 0.166 e. The zero-order valence-electron chi connectivity index (χ0n) is 35.3. The molecule has 1 unspecified atom stereocenters. The van der Waals surface area contributed by atoms with Crippen LogP contribution in [-0.4, -0.2) is 37.8 Å². The minimum atomic E-state index is -4.41. The number of likely N-dealkylation sites (tertiary alicyclic amines) is 1. The van der Waals surface area contributed by atoms with Crippen LogP contribution in [-0.2, 0) is 12.9 Å². The van der Waals surface area contributed by atoms with E-state index in [9.17, 15) is 4.79 Å². The fourth-order valence-electron chi connectivity index (χ4n) is 2.72. The maximum atomic E-state index is 13.9. The summed E-state index contributed by atoms with van der Waals surface area (Å²) in [6.45, 7) is -11.5. The molecular weight excluding hydrogens is 350 g/mol. The first-order valence-corrected chi connectivity index (χ1v) is 8.12. The molecule has 2 aromatic carbocycles. The Morgan fingerprint density at radius 1 is 1.18 bits per heavy atom. The van der Waals surface area contributed by atoms with Crippen molar-refractivity contribution < 1.29 is 43.1 Å². The van der Waals surface area contributed by atoms with Crippen LogP contribution in [0.2, 0.25) is 0 Å².